The average Bonchev–Trinajstić information content (AvgIpc) is 3.51. The van der Waals surface area contributed by atoms with Crippen LogP contribution in [0, 0.1) is 19.1 Å². The van der Waals surface area contributed by atoms with Crippen molar-refractivity contribution >= 4 is 51.4 Å². The number of ketones is 4. The fourth-order valence-corrected chi connectivity index (χ4v) is 7.14. The van der Waals surface area contributed by atoms with E-state index in [1.54, 1.807) is 48.5 Å². The van der Waals surface area contributed by atoms with Gasteiger partial charge in [-0.2, -0.15) is 0 Å². The van der Waals surface area contributed by atoms with Crippen molar-refractivity contribution in [2.75, 3.05) is 0 Å². The predicted octanol–water partition coefficient (Wildman–Crippen LogP) is 5.94. The summed E-state index contributed by atoms with van der Waals surface area (Å²) in [5.74, 6) is -4.03. The van der Waals surface area contributed by atoms with Gasteiger partial charge in [0.25, 0.3) is 5.69 Å². The highest BCUT2D eigenvalue weighted by Gasteiger charge is 2.79. The van der Waals surface area contributed by atoms with Crippen LogP contribution < -0.4 is 0 Å². The fraction of sp³-hybridized carbons (Fsp3) is 0.125. The zero-order chi connectivity index (χ0) is 28.7. The average molecular weight is 655 g/mol. The van der Waals surface area contributed by atoms with E-state index < -0.39 is 51.1 Å². The molecule has 8 nitrogen and oxygen atoms in total. The lowest BCUT2D eigenvalue weighted by molar-refractivity contribution is -0.384. The predicted molar refractivity (Wildman–Crippen MR) is 154 cm³/mol. The minimum absolute atomic E-state index is 0.113. The molecule has 1 heterocycles. The van der Waals surface area contributed by atoms with Gasteiger partial charge in [-0.15, -0.1) is 0 Å². The number of carbonyl (C=O) groups is 4. The second-order valence-corrected chi connectivity index (χ2v) is 11.6. The minimum Gasteiger partial charge on any atom is -0.348 e. The normalized spacial score (nSPS) is 21.5. The van der Waals surface area contributed by atoms with E-state index in [0.29, 0.717) is 5.56 Å². The van der Waals surface area contributed by atoms with Crippen LogP contribution in [-0.4, -0.2) is 33.7 Å². The molecule has 2 aliphatic carbocycles. The van der Waals surface area contributed by atoms with Gasteiger partial charge in [-0.1, -0.05) is 72.8 Å². The number of rotatable bonds is 3. The quantitative estimate of drug-likeness (QED) is 0.116. The molecule has 0 aromatic heterocycles. The summed E-state index contributed by atoms with van der Waals surface area (Å²) < 4.78 is 7.49. The van der Waals surface area contributed by atoms with Crippen molar-refractivity contribution in [3.63, 3.8) is 0 Å². The Morgan fingerprint density at radius 3 is 1.68 bits per heavy atom. The van der Waals surface area contributed by atoms with Crippen molar-refractivity contribution in [1.82, 2.24) is 0 Å². The number of ether oxygens (including phenoxy) is 1. The van der Waals surface area contributed by atoms with Crippen LogP contribution in [0.25, 0.3) is 0 Å². The topological polar surface area (TPSA) is 121 Å². The van der Waals surface area contributed by atoms with E-state index >= 15 is 0 Å². The summed E-state index contributed by atoms with van der Waals surface area (Å²) in [7, 11) is 0. The highest BCUT2D eigenvalue weighted by Crippen LogP contribution is 2.68. The van der Waals surface area contributed by atoms with Crippen molar-refractivity contribution in [3.8, 4) is 0 Å². The molecule has 0 N–H and O–H groups in total. The Hall–Kier alpha value is -4.35. The summed E-state index contributed by atoms with van der Waals surface area (Å²) in [5.41, 5.74) is -3.61. The summed E-state index contributed by atoms with van der Waals surface area (Å²) in [5, 5.41) is 11.8. The lowest BCUT2D eigenvalue weighted by Gasteiger charge is -2.34. The van der Waals surface area contributed by atoms with Crippen LogP contribution >= 0.6 is 22.6 Å². The molecule has 0 radical (unpaired) electrons. The largest absolute Gasteiger partial charge is 0.348 e. The Morgan fingerprint density at radius 2 is 1.17 bits per heavy atom. The van der Waals surface area contributed by atoms with E-state index in [0.717, 1.165) is 3.57 Å². The Balaban J connectivity index is 1.60. The molecule has 0 saturated carbocycles. The third-order valence-electron chi connectivity index (χ3n) is 8.43. The summed E-state index contributed by atoms with van der Waals surface area (Å²) in [6, 6.07) is 25.0. The summed E-state index contributed by atoms with van der Waals surface area (Å²) >= 11 is 2.12. The van der Waals surface area contributed by atoms with E-state index in [-0.39, 0.29) is 33.5 Å². The van der Waals surface area contributed by atoms with Crippen LogP contribution in [0.15, 0.2) is 97.1 Å². The number of hydrogen-bond acceptors (Lipinski definition) is 7. The van der Waals surface area contributed by atoms with Gasteiger partial charge in [0, 0.05) is 38.0 Å². The lowest BCUT2D eigenvalue weighted by Crippen LogP contribution is -2.51. The molecule has 2 unspecified atom stereocenters. The molecule has 0 amide bonds. The minimum atomic E-state index is -2.31. The SMILES string of the molecule is O=C1c2ccccc2C(=O)C12OC(c1ccc(I)cc1)C1(C(=O)c3ccccc3C1=O)C2c1cccc([N+](=O)[O-])c1. The van der Waals surface area contributed by atoms with Crippen LogP contribution in [0.3, 0.4) is 0 Å². The molecule has 2 spiro atoms. The molecular weight excluding hydrogens is 637 g/mol. The first kappa shape index (κ1) is 25.6. The van der Waals surface area contributed by atoms with Crippen molar-refractivity contribution < 1.29 is 28.8 Å². The number of Topliss-reactive ketones (excluding diaryl/α,β-unsaturated/α-hetero) is 4. The molecule has 2 atom stereocenters. The molecule has 3 aliphatic rings. The monoisotopic (exact) mass is 655 g/mol. The molecule has 7 rings (SSSR count). The summed E-state index contributed by atoms with van der Waals surface area (Å²) in [6.45, 7) is 0. The van der Waals surface area contributed by atoms with E-state index in [1.807, 2.05) is 0 Å². The van der Waals surface area contributed by atoms with Crippen LogP contribution in [-0.2, 0) is 4.74 Å². The van der Waals surface area contributed by atoms with Crippen LogP contribution in [0.4, 0.5) is 5.69 Å². The first-order valence-corrected chi connectivity index (χ1v) is 13.9. The number of nitro groups is 1. The maximum atomic E-state index is 14.7. The zero-order valence-corrected chi connectivity index (χ0v) is 23.2. The maximum absolute atomic E-state index is 14.7. The molecule has 1 aliphatic heterocycles. The Labute approximate surface area is 246 Å². The van der Waals surface area contributed by atoms with E-state index in [1.165, 1.54) is 48.5 Å². The molecule has 200 valence electrons. The fourth-order valence-electron chi connectivity index (χ4n) is 6.78. The third-order valence-corrected chi connectivity index (χ3v) is 9.14. The maximum Gasteiger partial charge on any atom is 0.269 e. The Bertz CT molecular complexity index is 1790. The molecule has 1 saturated heterocycles. The van der Waals surface area contributed by atoms with Gasteiger partial charge in [0.2, 0.25) is 17.2 Å². The van der Waals surface area contributed by atoms with E-state index in [2.05, 4.69) is 22.6 Å². The number of benzene rings is 4. The summed E-state index contributed by atoms with van der Waals surface area (Å²) in [6.07, 6.45) is -1.33. The number of non-ortho nitro benzene ring substituents is 1. The number of carbonyl (C=O) groups excluding carboxylic acids is 4. The summed E-state index contributed by atoms with van der Waals surface area (Å²) in [4.78, 5) is 69.3. The van der Waals surface area contributed by atoms with Crippen molar-refractivity contribution in [1.29, 1.82) is 0 Å². The second kappa shape index (κ2) is 8.82. The number of halogens is 1. The first-order valence-electron chi connectivity index (χ1n) is 12.8. The van der Waals surface area contributed by atoms with Crippen LogP contribution in [0.1, 0.15) is 64.6 Å². The standard InChI is InChI=1S/C32H18INO7/c33-19-14-12-17(13-15-19)30-31(26(35)21-8-1-2-9-22(21)27(31)36)25(18-6-5-7-20(16-18)34(39)40)32(41-30)28(37)23-10-3-4-11-24(23)29(32)38/h1-16,25,30H. The smallest absolute Gasteiger partial charge is 0.269 e. The number of fused-ring (bicyclic) bond motifs is 2. The van der Waals surface area contributed by atoms with Crippen molar-refractivity contribution in [2.45, 2.75) is 17.6 Å². The van der Waals surface area contributed by atoms with Gasteiger partial charge in [-0.05, 0) is 45.9 Å². The number of nitrogens with zero attached hydrogens (tertiary/aromatic N) is 1. The molecule has 0 bridgehead atoms. The van der Waals surface area contributed by atoms with Crippen LogP contribution in [0.5, 0.6) is 0 Å². The molecule has 1 fully saturated rings. The van der Waals surface area contributed by atoms with Crippen LogP contribution in [0.2, 0.25) is 0 Å². The molecule has 9 heteroatoms. The lowest BCUT2D eigenvalue weighted by atomic mass is 9.60. The van der Waals surface area contributed by atoms with Crippen molar-refractivity contribution in [3.05, 3.63) is 144 Å². The molecular formula is C32H18INO7. The number of hydrogen-bond donors (Lipinski definition) is 0. The number of nitro benzene ring substituents is 1. The third kappa shape index (κ3) is 3.18. The Morgan fingerprint density at radius 1 is 0.659 bits per heavy atom. The highest BCUT2D eigenvalue weighted by atomic mass is 127. The van der Waals surface area contributed by atoms with Gasteiger partial charge in [-0.25, -0.2) is 0 Å². The van der Waals surface area contributed by atoms with Gasteiger partial charge >= 0.3 is 0 Å². The van der Waals surface area contributed by atoms with Gasteiger partial charge in [0.1, 0.15) is 11.5 Å². The molecule has 4 aromatic rings. The van der Waals surface area contributed by atoms with Gasteiger partial charge in [-0.3, -0.25) is 29.3 Å². The van der Waals surface area contributed by atoms with E-state index in [9.17, 15) is 29.3 Å². The Kier molecular flexibility index (Phi) is 5.51. The van der Waals surface area contributed by atoms with Crippen molar-refractivity contribution in [2.24, 2.45) is 5.41 Å². The van der Waals surface area contributed by atoms with Gasteiger partial charge in [0.15, 0.2) is 11.6 Å². The van der Waals surface area contributed by atoms with E-state index in [4.69, 9.17) is 4.74 Å². The van der Waals surface area contributed by atoms with Gasteiger partial charge < -0.3 is 4.74 Å². The van der Waals surface area contributed by atoms with Gasteiger partial charge in [0.05, 0.1) is 10.8 Å². The molecule has 4 aromatic carbocycles. The highest BCUT2D eigenvalue weighted by molar-refractivity contribution is 14.1. The molecule has 41 heavy (non-hydrogen) atoms. The zero-order valence-electron chi connectivity index (χ0n) is 21.1. The second-order valence-electron chi connectivity index (χ2n) is 10.3. The first-order chi connectivity index (χ1) is 19.7.